The number of amides is 1. The summed E-state index contributed by atoms with van der Waals surface area (Å²) >= 11 is 0. The zero-order chi connectivity index (χ0) is 13.0. The van der Waals surface area contributed by atoms with Gasteiger partial charge in [-0.2, -0.15) is 0 Å². The average molecular weight is 243 g/mol. The van der Waals surface area contributed by atoms with Crippen LogP contribution in [0.5, 0.6) is 5.75 Å². The van der Waals surface area contributed by atoms with Crippen LogP contribution in [-0.4, -0.2) is 27.5 Å². The highest BCUT2D eigenvalue weighted by atomic mass is 16.3. The minimum Gasteiger partial charge on any atom is -0.505 e. The highest BCUT2D eigenvalue weighted by Gasteiger charge is 2.18. The summed E-state index contributed by atoms with van der Waals surface area (Å²) in [5, 5.41) is 9.65. The van der Waals surface area contributed by atoms with E-state index in [9.17, 15) is 9.90 Å². The van der Waals surface area contributed by atoms with Crippen molar-refractivity contribution in [3.05, 3.63) is 48.5 Å². The second-order valence-corrected chi connectivity index (χ2v) is 3.65. The van der Waals surface area contributed by atoms with Crippen LogP contribution in [0.1, 0.15) is 17.3 Å². The van der Waals surface area contributed by atoms with Crippen molar-refractivity contribution in [1.82, 2.24) is 9.97 Å². The van der Waals surface area contributed by atoms with Crippen LogP contribution in [0, 0.1) is 0 Å². The van der Waals surface area contributed by atoms with Gasteiger partial charge in [0.15, 0.2) is 0 Å². The zero-order valence-electron chi connectivity index (χ0n) is 9.95. The van der Waals surface area contributed by atoms with E-state index >= 15 is 0 Å². The molecule has 2 rings (SSSR count). The molecule has 0 aliphatic heterocycles. The third-order valence-electron chi connectivity index (χ3n) is 2.57. The summed E-state index contributed by atoms with van der Waals surface area (Å²) in [5.74, 6) is -0.376. The number of rotatable bonds is 3. The first-order valence-electron chi connectivity index (χ1n) is 5.59. The standard InChI is InChI=1S/C13H13N3O2/c1-2-16(10-3-6-14-7-4-10)13(18)11-5-8-15-9-12(11)17/h3-9,17H,2H2,1H3. The predicted octanol–water partition coefficient (Wildman–Crippen LogP) is 1.85. The van der Waals surface area contributed by atoms with Gasteiger partial charge in [0, 0.05) is 30.8 Å². The maximum absolute atomic E-state index is 12.3. The SMILES string of the molecule is CCN(C(=O)c1ccncc1O)c1ccncc1. The Morgan fingerprint density at radius 2 is 1.89 bits per heavy atom. The molecule has 0 bridgehead atoms. The van der Waals surface area contributed by atoms with Crippen molar-refractivity contribution in [2.24, 2.45) is 0 Å². The molecular weight excluding hydrogens is 230 g/mol. The Bertz CT molecular complexity index is 543. The van der Waals surface area contributed by atoms with Crippen LogP contribution in [0.2, 0.25) is 0 Å². The van der Waals surface area contributed by atoms with Gasteiger partial charge in [0.1, 0.15) is 5.75 Å². The maximum atomic E-state index is 12.3. The van der Waals surface area contributed by atoms with Crippen LogP contribution >= 0.6 is 0 Å². The Morgan fingerprint density at radius 3 is 2.50 bits per heavy atom. The third kappa shape index (κ3) is 2.29. The van der Waals surface area contributed by atoms with E-state index in [-0.39, 0.29) is 17.2 Å². The lowest BCUT2D eigenvalue weighted by Gasteiger charge is -2.21. The van der Waals surface area contributed by atoms with E-state index in [1.54, 1.807) is 29.4 Å². The van der Waals surface area contributed by atoms with Gasteiger partial charge in [-0.3, -0.25) is 14.8 Å². The maximum Gasteiger partial charge on any atom is 0.262 e. The van der Waals surface area contributed by atoms with Crippen molar-refractivity contribution in [1.29, 1.82) is 0 Å². The minimum absolute atomic E-state index is 0.116. The van der Waals surface area contributed by atoms with E-state index < -0.39 is 0 Å². The van der Waals surface area contributed by atoms with Crippen molar-refractivity contribution >= 4 is 11.6 Å². The summed E-state index contributed by atoms with van der Waals surface area (Å²) in [6.07, 6.45) is 5.98. The molecule has 0 aliphatic carbocycles. The van der Waals surface area contributed by atoms with Gasteiger partial charge in [-0.15, -0.1) is 0 Å². The smallest absolute Gasteiger partial charge is 0.262 e. The van der Waals surface area contributed by atoms with Crippen LogP contribution in [-0.2, 0) is 0 Å². The molecule has 0 aliphatic rings. The Morgan fingerprint density at radius 1 is 1.22 bits per heavy atom. The van der Waals surface area contributed by atoms with Gasteiger partial charge in [-0.05, 0) is 25.1 Å². The molecule has 92 valence electrons. The molecule has 2 heterocycles. The Labute approximate surface area is 105 Å². The summed E-state index contributed by atoms with van der Waals surface area (Å²) in [5.41, 5.74) is 0.984. The van der Waals surface area contributed by atoms with E-state index in [2.05, 4.69) is 9.97 Å². The molecule has 0 fully saturated rings. The number of hydrogen-bond donors (Lipinski definition) is 1. The van der Waals surface area contributed by atoms with E-state index in [1.165, 1.54) is 18.5 Å². The Hall–Kier alpha value is -2.43. The first-order valence-corrected chi connectivity index (χ1v) is 5.59. The highest BCUT2D eigenvalue weighted by Crippen LogP contribution is 2.20. The summed E-state index contributed by atoms with van der Waals surface area (Å²) in [7, 11) is 0. The second-order valence-electron chi connectivity index (χ2n) is 3.65. The molecule has 1 amide bonds. The lowest BCUT2D eigenvalue weighted by Crippen LogP contribution is -2.30. The van der Waals surface area contributed by atoms with Crippen molar-refractivity contribution in [2.45, 2.75) is 6.92 Å². The molecular formula is C13H13N3O2. The van der Waals surface area contributed by atoms with E-state index in [1.807, 2.05) is 6.92 Å². The largest absolute Gasteiger partial charge is 0.505 e. The van der Waals surface area contributed by atoms with Crippen molar-refractivity contribution in [2.75, 3.05) is 11.4 Å². The number of carbonyl (C=O) groups is 1. The minimum atomic E-state index is -0.261. The van der Waals surface area contributed by atoms with Crippen LogP contribution in [0.4, 0.5) is 5.69 Å². The molecule has 1 N–H and O–H groups in total. The van der Waals surface area contributed by atoms with Gasteiger partial charge in [-0.1, -0.05) is 0 Å². The van der Waals surface area contributed by atoms with Crippen molar-refractivity contribution in [3.63, 3.8) is 0 Å². The normalized spacial score (nSPS) is 10.1. The van der Waals surface area contributed by atoms with Gasteiger partial charge in [0.2, 0.25) is 0 Å². The Kier molecular flexibility index (Phi) is 3.52. The van der Waals surface area contributed by atoms with E-state index in [0.717, 1.165) is 5.69 Å². The fourth-order valence-electron chi connectivity index (χ4n) is 1.68. The van der Waals surface area contributed by atoms with Gasteiger partial charge in [0.25, 0.3) is 5.91 Å². The summed E-state index contributed by atoms with van der Waals surface area (Å²) < 4.78 is 0. The monoisotopic (exact) mass is 243 g/mol. The topological polar surface area (TPSA) is 66.3 Å². The second kappa shape index (κ2) is 5.27. The van der Waals surface area contributed by atoms with Crippen molar-refractivity contribution < 1.29 is 9.90 Å². The summed E-state index contributed by atoms with van der Waals surface area (Å²) in [4.78, 5) is 21.5. The molecule has 0 spiro atoms. The van der Waals surface area contributed by atoms with Crippen molar-refractivity contribution in [3.8, 4) is 5.75 Å². The third-order valence-corrected chi connectivity index (χ3v) is 2.57. The number of anilines is 1. The highest BCUT2D eigenvalue weighted by molar-refractivity contribution is 6.07. The molecule has 5 nitrogen and oxygen atoms in total. The number of hydrogen-bond acceptors (Lipinski definition) is 4. The van der Waals surface area contributed by atoms with E-state index in [4.69, 9.17) is 0 Å². The molecule has 0 saturated heterocycles. The Balaban J connectivity index is 2.35. The van der Waals surface area contributed by atoms with E-state index in [0.29, 0.717) is 6.54 Å². The number of aromatic nitrogens is 2. The van der Waals surface area contributed by atoms with Gasteiger partial charge in [0.05, 0.1) is 11.8 Å². The molecule has 2 aromatic rings. The fourth-order valence-corrected chi connectivity index (χ4v) is 1.68. The predicted molar refractivity (Wildman–Crippen MR) is 67.5 cm³/mol. The molecule has 0 aromatic carbocycles. The average Bonchev–Trinajstić information content (AvgIpc) is 2.41. The molecule has 0 unspecified atom stereocenters. The van der Waals surface area contributed by atoms with Gasteiger partial charge < -0.3 is 10.0 Å². The van der Waals surface area contributed by atoms with Crippen LogP contribution in [0.15, 0.2) is 43.0 Å². The quantitative estimate of drug-likeness (QED) is 0.893. The van der Waals surface area contributed by atoms with Crippen LogP contribution < -0.4 is 4.90 Å². The first-order chi connectivity index (χ1) is 8.74. The lowest BCUT2D eigenvalue weighted by atomic mass is 10.2. The van der Waals surface area contributed by atoms with Crippen LogP contribution in [0.25, 0.3) is 0 Å². The molecule has 2 aromatic heterocycles. The first kappa shape index (κ1) is 12.0. The van der Waals surface area contributed by atoms with Gasteiger partial charge >= 0.3 is 0 Å². The number of carbonyl (C=O) groups excluding carboxylic acids is 1. The molecule has 0 saturated carbocycles. The molecule has 18 heavy (non-hydrogen) atoms. The molecule has 0 atom stereocenters. The van der Waals surface area contributed by atoms with Gasteiger partial charge in [-0.25, -0.2) is 0 Å². The zero-order valence-corrected chi connectivity index (χ0v) is 9.95. The molecule has 0 radical (unpaired) electrons. The van der Waals surface area contributed by atoms with Crippen LogP contribution in [0.3, 0.4) is 0 Å². The number of aromatic hydroxyl groups is 1. The summed E-state index contributed by atoms with van der Waals surface area (Å²) in [6.45, 7) is 2.38. The molecule has 5 heteroatoms. The number of pyridine rings is 2. The number of nitrogens with zero attached hydrogens (tertiary/aromatic N) is 3. The fraction of sp³-hybridized carbons (Fsp3) is 0.154. The summed E-state index contributed by atoms with van der Waals surface area (Å²) in [6, 6.07) is 5.00. The lowest BCUT2D eigenvalue weighted by molar-refractivity contribution is 0.0985.